The molecule has 0 aliphatic rings. The number of halogens is 2. The standard InChI is InChI=1S/C15H11BrFN3O/c1-8-4-9(2-3-13(8)17)14-19-15(21-20-14)10-5-11(16)7-12(18)6-10/h2-7H,18H2,1H3. The van der Waals surface area contributed by atoms with E-state index in [-0.39, 0.29) is 5.82 Å². The number of aromatic nitrogens is 2. The van der Waals surface area contributed by atoms with Crippen LogP contribution >= 0.6 is 15.9 Å². The molecule has 3 aromatic rings. The second kappa shape index (κ2) is 5.29. The Labute approximate surface area is 128 Å². The highest BCUT2D eigenvalue weighted by Crippen LogP contribution is 2.27. The van der Waals surface area contributed by atoms with Crippen LogP contribution in [-0.4, -0.2) is 10.1 Å². The molecule has 6 heteroatoms. The first kappa shape index (κ1) is 13.8. The van der Waals surface area contributed by atoms with Crippen LogP contribution in [0.3, 0.4) is 0 Å². The number of nitrogens with two attached hydrogens (primary N) is 1. The third-order valence-electron chi connectivity index (χ3n) is 3.01. The van der Waals surface area contributed by atoms with Crippen LogP contribution in [0, 0.1) is 12.7 Å². The van der Waals surface area contributed by atoms with Crippen LogP contribution in [0.2, 0.25) is 0 Å². The minimum atomic E-state index is -0.262. The van der Waals surface area contributed by atoms with Gasteiger partial charge in [0.25, 0.3) is 5.89 Å². The largest absolute Gasteiger partial charge is 0.399 e. The molecule has 0 unspecified atom stereocenters. The maximum Gasteiger partial charge on any atom is 0.258 e. The van der Waals surface area contributed by atoms with Crippen molar-refractivity contribution in [3.05, 3.63) is 52.3 Å². The molecule has 1 aromatic heterocycles. The van der Waals surface area contributed by atoms with Gasteiger partial charge in [0.2, 0.25) is 5.82 Å². The Morgan fingerprint density at radius 3 is 2.67 bits per heavy atom. The van der Waals surface area contributed by atoms with Gasteiger partial charge in [-0.3, -0.25) is 0 Å². The van der Waals surface area contributed by atoms with Crippen LogP contribution < -0.4 is 5.73 Å². The minimum Gasteiger partial charge on any atom is -0.399 e. The van der Waals surface area contributed by atoms with Crippen molar-refractivity contribution in [2.75, 3.05) is 5.73 Å². The number of rotatable bonds is 2. The van der Waals surface area contributed by atoms with Crippen LogP contribution in [0.15, 0.2) is 45.4 Å². The van der Waals surface area contributed by atoms with Crippen molar-refractivity contribution in [1.29, 1.82) is 0 Å². The van der Waals surface area contributed by atoms with Gasteiger partial charge >= 0.3 is 0 Å². The van der Waals surface area contributed by atoms with Gasteiger partial charge in [0.15, 0.2) is 0 Å². The zero-order chi connectivity index (χ0) is 15.0. The molecule has 4 nitrogen and oxygen atoms in total. The van der Waals surface area contributed by atoms with E-state index in [1.165, 1.54) is 6.07 Å². The number of anilines is 1. The summed E-state index contributed by atoms with van der Waals surface area (Å²) in [6.45, 7) is 1.69. The second-order valence-corrected chi connectivity index (χ2v) is 5.58. The van der Waals surface area contributed by atoms with E-state index < -0.39 is 0 Å². The second-order valence-electron chi connectivity index (χ2n) is 4.66. The van der Waals surface area contributed by atoms with E-state index in [1.807, 2.05) is 6.07 Å². The third kappa shape index (κ3) is 2.80. The highest BCUT2D eigenvalue weighted by Gasteiger charge is 2.12. The van der Waals surface area contributed by atoms with Gasteiger partial charge in [0.1, 0.15) is 5.82 Å². The number of nitrogens with zero attached hydrogens (tertiary/aromatic N) is 2. The highest BCUT2D eigenvalue weighted by atomic mass is 79.9. The summed E-state index contributed by atoms with van der Waals surface area (Å²) in [5, 5.41) is 3.93. The Hall–Kier alpha value is -2.21. The fraction of sp³-hybridized carbons (Fsp3) is 0.0667. The van der Waals surface area contributed by atoms with Crippen molar-refractivity contribution >= 4 is 21.6 Å². The lowest BCUT2D eigenvalue weighted by molar-refractivity contribution is 0.432. The molecule has 21 heavy (non-hydrogen) atoms. The lowest BCUT2D eigenvalue weighted by Crippen LogP contribution is -1.87. The molecule has 3 rings (SSSR count). The van der Waals surface area contributed by atoms with E-state index >= 15 is 0 Å². The Kier molecular flexibility index (Phi) is 3.47. The molecule has 0 amide bonds. The first-order valence-electron chi connectivity index (χ1n) is 6.19. The topological polar surface area (TPSA) is 64.9 Å². The average Bonchev–Trinajstić information content (AvgIpc) is 2.90. The molecule has 0 aliphatic carbocycles. The summed E-state index contributed by atoms with van der Waals surface area (Å²) in [6.07, 6.45) is 0. The maximum absolute atomic E-state index is 13.3. The summed E-state index contributed by atoms with van der Waals surface area (Å²) in [5.74, 6) is 0.508. The van der Waals surface area contributed by atoms with Crippen LogP contribution in [0.25, 0.3) is 22.8 Å². The van der Waals surface area contributed by atoms with Gasteiger partial charge in [0, 0.05) is 21.3 Å². The molecule has 0 saturated carbocycles. The number of nitrogen functional groups attached to an aromatic ring is 1. The first-order chi connectivity index (χ1) is 10.0. The van der Waals surface area contributed by atoms with E-state index in [1.54, 1.807) is 31.2 Å². The zero-order valence-corrected chi connectivity index (χ0v) is 12.7. The Balaban J connectivity index is 2.01. The van der Waals surface area contributed by atoms with Crippen molar-refractivity contribution in [2.45, 2.75) is 6.92 Å². The number of benzene rings is 2. The van der Waals surface area contributed by atoms with Gasteiger partial charge in [0.05, 0.1) is 0 Å². The van der Waals surface area contributed by atoms with E-state index in [0.29, 0.717) is 28.5 Å². The molecule has 1 heterocycles. The molecule has 0 atom stereocenters. The van der Waals surface area contributed by atoms with Crippen molar-refractivity contribution in [3.8, 4) is 22.8 Å². The van der Waals surface area contributed by atoms with E-state index in [9.17, 15) is 4.39 Å². The molecule has 0 spiro atoms. The molecule has 0 radical (unpaired) electrons. The summed E-state index contributed by atoms with van der Waals surface area (Å²) in [5.41, 5.74) is 8.34. The van der Waals surface area contributed by atoms with Gasteiger partial charge in [-0.25, -0.2) is 4.39 Å². The van der Waals surface area contributed by atoms with Gasteiger partial charge in [-0.2, -0.15) is 4.98 Å². The summed E-state index contributed by atoms with van der Waals surface area (Å²) in [6, 6.07) is 10.1. The van der Waals surface area contributed by atoms with Crippen LogP contribution in [0.5, 0.6) is 0 Å². The van der Waals surface area contributed by atoms with Gasteiger partial charge < -0.3 is 10.3 Å². The molecular formula is C15H11BrFN3O. The first-order valence-corrected chi connectivity index (χ1v) is 6.99. The maximum atomic E-state index is 13.3. The Morgan fingerprint density at radius 2 is 1.95 bits per heavy atom. The summed E-state index contributed by atoms with van der Waals surface area (Å²) >= 11 is 3.37. The fourth-order valence-electron chi connectivity index (χ4n) is 1.98. The molecular weight excluding hydrogens is 337 g/mol. The fourth-order valence-corrected chi connectivity index (χ4v) is 2.49. The monoisotopic (exact) mass is 347 g/mol. The number of hydrogen-bond donors (Lipinski definition) is 1. The smallest absolute Gasteiger partial charge is 0.258 e. The summed E-state index contributed by atoms with van der Waals surface area (Å²) < 4.78 is 19.4. The predicted octanol–water partition coefficient (Wildman–Crippen LogP) is 4.20. The van der Waals surface area contributed by atoms with Crippen molar-refractivity contribution in [3.63, 3.8) is 0 Å². The summed E-state index contributed by atoms with van der Waals surface area (Å²) in [4.78, 5) is 4.33. The van der Waals surface area contributed by atoms with E-state index in [0.717, 1.165) is 10.0 Å². The van der Waals surface area contributed by atoms with Gasteiger partial charge in [-0.05, 0) is 48.9 Å². The third-order valence-corrected chi connectivity index (χ3v) is 3.47. The average molecular weight is 348 g/mol. The van der Waals surface area contributed by atoms with Gasteiger partial charge in [-0.15, -0.1) is 0 Å². The molecule has 0 saturated heterocycles. The highest BCUT2D eigenvalue weighted by molar-refractivity contribution is 9.10. The van der Waals surface area contributed by atoms with Crippen LogP contribution in [0.1, 0.15) is 5.56 Å². The zero-order valence-electron chi connectivity index (χ0n) is 11.1. The van der Waals surface area contributed by atoms with Crippen molar-refractivity contribution in [1.82, 2.24) is 10.1 Å². The SMILES string of the molecule is Cc1cc(-c2noc(-c3cc(N)cc(Br)c3)n2)ccc1F. The predicted molar refractivity (Wildman–Crippen MR) is 82.0 cm³/mol. The molecule has 0 bridgehead atoms. The Morgan fingerprint density at radius 1 is 1.14 bits per heavy atom. The quantitative estimate of drug-likeness (QED) is 0.705. The molecule has 2 N–H and O–H groups in total. The van der Waals surface area contributed by atoms with Gasteiger partial charge in [-0.1, -0.05) is 21.1 Å². The molecule has 106 valence electrons. The lowest BCUT2D eigenvalue weighted by atomic mass is 10.1. The summed E-state index contributed by atoms with van der Waals surface area (Å²) in [7, 11) is 0. The normalized spacial score (nSPS) is 10.8. The van der Waals surface area contributed by atoms with Crippen LogP contribution in [0.4, 0.5) is 10.1 Å². The van der Waals surface area contributed by atoms with E-state index in [2.05, 4.69) is 26.1 Å². The Bertz CT molecular complexity index is 796. The minimum absolute atomic E-state index is 0.262. The molecule has 0 fully saturated rings. The molecule has 2 aromatic carbocycles. The van der Waals surface area contributed by atoms with Crippen molar-refractivity contribution < 1.29 is 8.91 Å². The van der Waals surface area contributed by atoms with Crippen LogP contribution in [-0.2, 0) is 0 Å². The van der Waals surface area contributed by atoms with E-state index in [4.69, 9.17) is 10.3 Å². The molecule has 0 aliphatic heterocycles. The lowest BCUT2D eigenvalue weighted by Gasteiger charge is -1.99. The number of aryl methyl sites for hydroxylation is 1. The van der Waals surface area contributed by atoms with Crippen molar-refractivity contribution in [2.24, 2.45) is 0 Å². The number of hydrogen-bond acceptors (Lipinski definition) is 4.